The molecule has 0 saturated heterocycles. The van der Waals surface area contributed by atoms with Crippen molar-refractivity contribution in [3.8, 4) is 62.2 Å². The van der Waals surface area contributed by atoms with E-state index >= 15 is 0 Å². The first kappa shape index (κ1) is 49.7. The molecule has 2 aliphatic rings. The smallest absolute Gasteiger partial charge is 0.104 e. The van der Waals surface area contributed by atoms with Crippen LogP contribution in [0.2, 0.25) is 0 Å². The maximum absolute atomic E-state index is 13.3. The molecule has 12 aromatic carbocycles. The van der Waals surface area contributed by atoms with Crippen LogP contribution in [0.1, 0.15) is 50.1 Å². The third kappa shape index (κ3) is 6.40. The second-order valence-corrected chi connectivity index (χ2v) is 24.7. The third-order valence-electron chi connectivity index (χ3n) is 19.9. The van der Waals surface area contributed by atoms with Gasteiger partial charge < -0.3 is 18.3 Å². The molecule has 19 rings (SSSR count). The number of para-hydroxylation sites is 4. The van der Waals surface area contributed by atoms with Gasteiger partial charge in [-0.1, -0.05) is 186 Å². The van der Waals surface area contributed by atoms with Gasteiger partial charge in [0.05, 0.1) is 72.3 Å². The van der Waals surface area contributed by atoms with E-state index in [0.717, 1.165) is 149 Å². The highest BCUT2D eigenvalue weighted by Crippen LogP contribution is 2.65. The third-order valence-corrected chi connectivity index (χ3v) is 19.9. The van der Waals surface area contributed by atoms with E-state index in [9.17, 15) is 5.26 Å². The Kier molecular flexibility index (Phi) is 10.1. The topological polar surface area (TPSA) is 56.4 Å². The Labute approximate surface area is 513 Å². The maximum atomic E-state index is 13.3. The second kappa shape index (κ2) is 18.0. The molecule has 0 unspecified atom stereocenters. The number of pyridine rings is 1. The van der Waals surface area contributed by atoms with Gasteiger partial charge in [-0.05, 0) is 157 Å². The van der Waals surface area contributed by atoms with E-state index in [2.05, 4.69) is 301 Å². The zero-order valence-electron chi connectivity index (χ0n) is 49.4. The van der Waals surface area contributed by atoms with Crippen LogP contribution >= 0.6 is 0 Å². The summed E-state index contributed by atoms with van der Waals surface area (Å²) in [6.45, 7) is 8.73. The summed E-state index contributed by atoms with van der Waals surface area (Å²) in [5.74, 6) is 0. The maximum Gasteiger partial charge on any atom is 0.104 e. The Bertz CT molecular complexity index is 5760. The lowest BCUT2D eigenvalue weighted by Crippen LogP contribution is -2.26. The summed E-state index contributed by atoms with van der Waals surface area (Å²) in [5.41, 5.74) is 27.5. The molecule has 0 aliphatic heterocycles. The number of benzene rings is 12. The number of hydrogen-bond donors (Lipinski definition) is 0. The molecule has 2 aliphatic carbocycles. The first-order valence-electron chi connectivity index (χ1n) is 30.7. The van der Waals surface area contributed by atoms with Crippen LogP contribution in [0.5, 0.6) is 0 Å². The summed E-state index contributed by atoms with van der Waals surface area (Å²) in [6, 6.07) is 93.4. The molecule has 6 nitrogen and oxygen atoms in total. The Morgan fingerprint density at radius 2 is 0.652 bits per heavy atom. The first-order valence-corrected chi connectivity index (χ1v) is 30.7. The van der Waals surface area contributed by atoms with Gasteiger partial charge in [0.2, 0.25) is 0 Å². The quantitative estimate of drug-likeness (QED) is 0.172. The molecular weight excluding hydrogens is 1080 g/mol. The predicted octanol–water partition coefficient (Wildman–Crippen LogP) is 20.6. The van der Waals surface area contributed by atoms with Gasteiger partial charge in [0.1, 0.15) is 11.6 Å². The summed E-state index contributed by atoms with van der Waals surface area (Å²) in [5, 5.41) is 22.3. The zero-order chi connectivity index (χ0) is 59.1. The van der Waals surface area contributed by atoms with E-state index < -0.39 is 5.41 Å². The molecule has 416 valence electrons. The van der Waals surface area contributed by atoms with Crippen LogP contribution in [-0.4, -0.2) is 23.3 Å². The molecule has 5 heterocycles. The molecule has 5 aromatic heterocycles. The molecule has 0 amide bonds. The van der Waals surface area contributed by atoms with Crippen molar-refractivity contribution in [3.63, 3.8) is 0 Å². The normalized spacial score (nSPS) is 13.0. The van der Waals surface area contributed by atoms with Gasteiger partial charge in [-0.2, -0.15) is 5.26 Å². The second-order valence-electron chi connectivity index (χ2n) is 24.7. The Morgan fingerprint density at radius 3 is 1.07 bits per heavy atom. The minimum Gasteiger partial charge on any atom is -0.306 e. The van der Waals surface area contributed by atoms with Crippen LogP contribution in [0.4, 0.5) is 0 Å². The van der Waals surface area contributed by atoms with Crippen molar-refractivity contribution in [1.82, 2.24) is 23.3 Å². The number of hydrogen-bond acceptors (Lipinski definition) is 2. The highest BCUT2D eigenvalue weighted by Gasteiger charge is 2.53. The van der Waals surface area contributed by atoms with Gasteiger partial charge in [0.25, 0.3) is 0 Å². The van der Waals surface area contributed by atoms with Crippen molar-refractivity contribution in [1.29, 1.82) is 5.26 Å². The van der Waals surface area contributed by atoms with Crippen LogP contribution in [0.25, 0.3) is 143 Å². The molecule has 0 fully saturated rings. The average Bonchev–Trinajstić information content (AvgIpc) is 1.55. The Morgan fingerprint density at radius 1 is 0.303 bits per heavy atom. The molecular formula is C83H54N6. The van der Waals surface area contributed by atoms with E-state index in [1.54, 1.807) is 0 Å². The van der Waals surface area contributed by atoms with Gasteiger partial charge in [-0.3, -0.25) is 4.98 Å². The molecule has 6 heteroatoms. The summed E-state index contributed by atoms with van der Waals surface area (Å²) in [7, 11) is 0. The van der Waals surface area contributed by atoms with Gasteiger partial charge in [0.15, 0.2) is 0 Å². The van der Waals surface area contributed by atoms with Gasteiger partial charge in [-0.25, -0.2) is 0 Å². The first-order chi connectivity index (χ1) is 43.8. The molecule has 0 N–H and O–H groups in total. The number of nitriles is 1. The van der Waals surface area contributed by atoms with Crippen molar-refractivity contribution >= 4 is 87.2 Å². The van der Waals surface area contributed by atoms with Crippen LogP contribution in [0, 0.1) is 39.0 Å². The van der Waals surface area contributed by atoms with E-state index in [-0.39, 0.29) is 0 Å². The standard InChI is InChI=1S/C83H54N6/c1-48-32-36-73-60(42-48)54-20-7-13-28-69(54)86(73)79-64(46-84)80(87-70-29-14-8-21-55(70)61-43-49(2)33-37-74(61)87)82(89-72-31-16-10-23-57(72)63-45-51(4)35-39-76(63)89)78(81(79)88-71-30-15-9-22-56(71)62-44-50(3)34-38-75(62)88)59-24-17-27-67-77(59)58-40-41-85-47-68(58)83(67)65-25-11-5-18-52(65)53-19-6-12-26-66(53)83/h5-45,47H,1-4H3. The lowest BCUT2D eigenvalue weighted by molar-refractivity contribution is 0.788. The number of aromatic nitrogens is 5. The molecule has 0 radical (unpaired) electrons. The van der Waals surface area contributed by atoms with Crippen LogP contribution < -0.4 is 0 Å². The molecule has 1 spiro atoms. The van der Waals surface area contributed by atoms with E-state index in [1.165, 1.54) is 38.9 Å². The average molecular weight is 1140 g/mol. The van der Waals surface area contributed by atoms with Crippen LogP contribution in [0.15, 0.2) is 255 Å². The number of rotatable bonds is 5. The molecule has 0 bridgehead atoms. The molecule has 0 saturated carbocycles. The minimum absolute atomic E-state index is 0.536. The van der Waals surface area contributed by atoms with Crippen LogP contribution in [0.3, 0.4) is 0 Å². The van der Waals surface area contributed by atoms with Crippen molar-refractivity contribution in [3.05, 3.63) is 305 Å². The van der Waals surface area contributed by atoms with Gasteiger partial charge in [-0.15, -0.1) is 0 Å². The Balaban J connectivity index is 1.16. The minimum atomic E-state index is -0.717. The summed E-state index contributed by atoms with van der Waals surface area (Å²) >= 11 is 0. The van der Waals surface area contributed by atoms with Crippen molar-refractivity contribution in [2.45, 2.75) is 33.1 Å². The number of aryl methyl sites for hydroxylation is 4. The molecule has 89 heavy (non-hydrogen) atoms. The summed E-state index contributed by atoms with van der Waals surface area (Å²) < 4.78 is 9.96. The summed E-state index contributed by atoms with van der Waals surface area (Å²) in [4.78, 5) is 5.07. The lowest BCUT2D eigenvalue weighted by Gasteiger charge is -2.31. The Hall–Kier alpha value is -11.5. The lowest BCUT2D eigenvalue weighted by atomic mass is 9.71. The fraction of sp³-hybridized carbons (Fsp3) is 0.0602. The van der Waals surface area contributed by atoms with Gasteiger partial charge in [0, 0.05) is 61.0 Å². The van der Waals surface area contributed by atoms with Crippen molar-refractivity contribution < 1.29 is 0 Å². The highest BCUT2D eigenvalue weighted by molar-refractivity contribution is 6.18. The number of nitrogens with zero attached hydrogens (tertiary/aromatic N) is 6. The van der Waals surface area contributed by atoms with Crippen molar-refractivity contribution in [2.75, 3.05) is 0 Å². The monoisotopic (exact) mass is 1130 g/mol. The van der Waals surface area contributed by atoms with Gasteiger partial charge >= 0.3 is 0 Å². The predicted molar refractivity (Wildman–Crippen MR) is 367 cm³/mol. The highest BCUT2D eigenvalue weighted by atomic mass is 15.1. The van der Waals surface area contributed by atoms with Crippen molar-refractivity contribution in [2.24, 2.45) is 0 Å². The summed E-state index contributed by atoms with van der Waals surface area (Å²) in [6.07, 6.45) is 4.12. The molecule has 0 atom stereocenters. The largest absolute Gasteiger partial charge is 0.306 e. The van der Waals surface area contributed by atoms with Crippen LogP contribution in [-0.2, 0) is 5.41 Å². The van der Waals surface area contributed by atoms with E-state index in [0.29, 0.717) is 5.56 Å². The zero-order valence-corrected chi connectivity index (χ0v) is 49.4. The van der Waals surface area contributed by atoms with E-state index in [4.69, 9.17) is 4.98 Å². The SMILES string of the molecule is Cc1ccc2c(c1)c1ccccc1n2-c1c(C#N)c(-n2c3ccccc3c3cc(C)ccc32)c(-n2c3ccccc3c3cc(C)ccc32)c(-c2cccc3c2-c2ccncc2C32c3ccccc3-c3ccccc32)c1-n1c2ccccc2c2cc(C)ccc21. The van der Waals surface area contributed by atoms with E-state index in [1.807, 2.05) is 6.20 Å². The molecule has 17 aromatic rings. The number of fused-ring (bicyclic) bond motifs is 22. The fourth-order valence-corrected chi connectivity index (χ4v) is 16.5. The fourth-order valence-electron chi connectivity index (χ4n) is 16.5.